The lowest BCUT2D eigenvalue weighted by Gasteiger charge is -2.51. The van der Waals surface area contributed by atoms with Crippen LogP contribution in [0.4, 0.5) is 4.79 Å². The molecule has 172 valence electrons. The minimum Gasteiger partial charge on any atom is -0.381 e. The van der Waals surface area contributed by atoms with Crippen LogP contribution in [-0.2, 0) is 11.3 Å². The first-order chi connectivity index (χ1) is 16.1. The Kier molecular flexibility index (Phi) is 5.14. The van der Waals surface area contributed by atoms with Crippen LogP contribution in [0.3, 0.4) is 0 Å². The molecule has 0 spiro atoms. The molecule has 0 saturated carbocycles. The number of fused-ring (bicyclic) bond motifs is 2. The first-order valence-electron chi connectivity index (χ1n) is 12.0. The summed E-state index contributed by atoms with van der Waals surface area (Å²) in [7, 11) is 0. The summed E-state index contributed by atoms with van der Waals surface area (Å²) in [5.74, 6) is 1.39. The predicted molar refractivity (Wildman–Crippen MR) is 126 cm³/mol. The number of hydrogen-bond donors (Lipinski definition) is 1. The van der Waals surface area contributed by atoms with Crippen LogP contribution in [0, 0.1) is 17.8 Å². The summed E-state index contributed by atoms with van der Waals surface area (Å²) < 4.78 is 5.70. The van der Waals surface area contributed by atoms with Crippen LogP contribution < -0.4 is 5.32 Å². The minimum atomic E-state index is -0.167. The number of nitrogens with zero attached hydrogens (tertiary/aromatic N) is 5. The van der Waals surface area contributed by atoms with E-state index < -0.39 is 0 Å². The molecular weight excluding hydrogens is 416 g/mol. The highest BCUT2D eigenvalue weighted by atomic mass is 16.5. The third-order valence-corrected chi connectivity index (χ3v) is 8.00. The number of allylic oxidation sites excluding steroid dienone is 1. The summed E-state index contributed by atoms with van der Waals surface area (Å²) in [4.78, 5) is 29.8. The van der Waals surface area contributed by atoms with Gasteiger partial charge in [0.1, 0.15) is 0 Å². The molecule has 2 aromatic rings. The average Bonchev–Trinajstić information content (AvgIpc) is 3.41. The lowest BCUT2D eigenvalue weighted by molar-refractivity contribution is -0.00349. The molecular formula is C25H30N6O2. The van der Waals surface area contributed by atoms with Gasteiger partial charge in [0.05, 0.1) is 35.0 Å². The van der Waals surface area contributed by atoms with E-state index in [-0.39, 0.29) is 11.6 Å². The fourth-order valence-electron chi connectivity index (χ4n) is 6.38. The van der Waals surface area contributed by atoms with Crippen molar-refractivity contribution in [2.24, 2.45) is 22.7 Å². The second kappa shape index (κ2) is 8.18. The smallest absolute Gasteiger partial charge is 0.348 e. The van der Waals surface area contributed by atoms with E-state index in [1.54, 1.807) is 18.6 Å². The van der Waals surface area contributed by atoms with Crippen LogP contribution in [0.25, 0.3) is 11.0 Å². The molecule has 4 aliphatic rings. The number of amides is 2. The van der Waals surface area contributed by atoms with Crippen LogP contribution in [0.15, 0.2) is 47.5 Å². The van der Waals surface area contributed by atoms with Gasteiger partial charge in [-0.05, 0) is 42.4 Å². The summed E-state index contributed by atoms with van der Waals surface area (Å²) >= 11 is 0. The molecule has 0 bridgehead atoms. The van der Waals surface area contributed by atoms with Crippen LogP contribution in [-0.4, -0.2) is 70.4 Å². The highest BCUT2D eigenvalue weighted by Crippen LogP contribution is 2.44. The molecule has 0 radical (unpaired) electrons. The first kappa shape index (κ1) is 20.7. The van der Waals surface area contributed by atoms with E-state index in [1.807, 2.05) is 11.1 Å². The van der Waals surface area contributed by atoms with Crippen molar-refractivity contribution in [2.45, 2.75) is 31.8 Å². The molecule has 4 aliphatic heterocycles. The van der Waals surface area contributed by atoms with Crippen molar-refractivity contribution in [3.8, 4) is 0 Å². The SMILES string of the molecule is CC1CN(Cc2ccc3nccnc3c2)CC1C1(C2CCOCC2)CN2C(=O)N=CC2=CN1. The number of ether oxygens (including phenoxy) is 1. The fourth-order valence-corrected chi connectivity index (χ4v) is 6.38. The summed E-state index contributed by atoms with van der Waals surface area (Å²) in [6.07, 6.45) is 9.22. The molecule has 3 unspecified atom stereocenters. The summed E-state index contributed by atoms with van der Waals surface area (Å²) in [6.45, 7) is 7.55. The Morgan fingerprint density at radius 1 is 1.15 bits per heavy atom. The molecule has 1 aromatic heterocycles. The van der Waals surface area contributed by atoms with E-state index in [4.69, 9.17) is 4.74 Å². The van der Waals surface area contributed by atoms with E-state index in [9.17, 15) is 4.79 Å². The van der Waals surface area contributed by atoms with Crippen molar-refractivity contribution in [1.29, 1.82) is 0 Å². The molecule has 8 heteroatoms. The number of carbonyl (C=O) groups is 1. The number of benzene rings is 1. The Labute approximate surface area is 193 Å². The monoisotopic (exact) mass is 446 g/mol. The zero-order valence-electron chi connectivity index (χ0n) is 19.0. The van der Waals surface area contributed by atoms with Crippen LogP contribution >= 0.6 is 0 Å². The van der Waals surface area contributed by atoms with Crippen molar-refractivity contribution in [1.82, 2.24) is 25.1 Å². The Bertz CT molecular complexity index is 1130. The summed E-state index contributed by atoms with van der Waals surface area (Å²) in [5, 5.41) is 3.83. The van der Waals surface area contributed by atoms with Gasteiger partial charge in [-0.3, -0.25) is 19.8 Å². The van der Waals surface area contributed by atoms with E-state index in [1.165, 1.54) is 5.56 Å². The van der Waals surface area contributed by atoms with Gasteiger partial charge < -0.3 is 10.1 Å². The number of aliphatic imine (C=N–C) groups is 1. The Morgan fingerprint density at radius 3 is 2.82 bits per heavy atom. The molecule has 1 aromatic carbocycles. The van der Waals surface area contributed by atoms with Crippen molar-refractivity contribution >= 4 is 23.3 Å². The maximum Gasteiger partial charge on any atom is 0.348 e. The molecule has 5 heterocycles. The summed E-state index contributed by atoms with van der Waals surface area (Å²) in [6, 6.07) is 6.24. The molecule has 33 heavy (non-hydrogen) atoms. The molecule has 2 fully saturated rings. The highest BCUT2D eigenvalue weighted by molar-refractivity contribution is 6.00. The van der Waals surface area contributed by atoms with Crippen LogP contribution in [0.1, 0.15) is 25.3 Å². The number of likely N-dealkylation sites (tertiary alicyclic amines) is 1. The van der Waals surface area contributed by atoms with Crippen molar-refractivity contribution in [2.75, 3.05) is 32.8 Å². The minimum absolute atomic E-state index is 0.140. The van der Waals surface area contributed by atoms with Gasteiger partial charge >= 0.3 is 6.03 Å². The topological polar surface area (TPSA) is 83.0 Å². The average molecular weight is 447 g/mol. The van der Waals surface area contributed by atoms with E-state index in [0.717, 1.165) is 62.4 Å². The lowest BCUT2D eigenvalue weighted by Crippen LogP contribution is -2.65. The number of nitrogens with one attached hydrogen (secondary N) is 1. The molecule has 1 N–H and O–H groups in total. The van der Waals surface area contributed by atoms with Gasteiger partial charge in [0.15, 0.2) is 0 Å². The maximum absolute atomic E-state index is 12.5. The van der Waals surface area contributed by atoms with Gasteiger partial charge in [0.2, 0.25) is 0 Å². The van der Waals surface area contributed by atoms with Gasteiger partial charge in [-0.2, -0.15) is 4.99 Å². The van der Waals surface area contributed by atoms with Gasteiger partial charge in [-0.1, -0.05) is 13.0 Å². The molecule has 0 aliphatic carbocycles. The zero-order chi connectivity index (χ0) is 22.4. The first-order valence-corrected chi connectivity index (χ1v) is 12.0. The van der Waals surface area contributed by atoms with Crippen molar-refractivity contribution in [3.05, 3.63) is 48.1 Å². The zero-order valence-corrected chi connectivity index (χ0v) is 19.0. The standard InChI is InChI=1S/C25H30N6O2/c1-17-13-30(14-18-2-3-22-23(10-18)27-7-6-26-22)15-21(17)25(19-4-8-33-9-5-19)16-31-20(12-29-25)11-28-24(31)32/h2-3,6-7,10-12,17,19,21,29H,4-5,8-9,13-16H2,1H3. The largest absolute Gasteiger partial charge is 0.381 e. The van der Waals surface area contributed by atoms with Gasteiger partial charge in [0, 0.05) is 57.4 Å². The van der Waals surface area contributed by atoms with Crippen molar-refractivity contribution in [3.63, 3.8) is 0 Å². The molecule has 2 saturated heterocycles. The van der Waals surface area contributed by atoms with E-state index >= 15 is 0 Å². The predicted octanol–water partition coefficient (Wildman–Crippen LogP) is 2.81. The third-order valence-electron chi connectivity index (χ3n) is 8.00. The van der Waals surface area contributed by atoms with Gasteiger partial charge in [-0.25, -0.2) is 4.79 Å². The number of urea groups is 1. The number of carbonyl (C=O) groups excluding carboxylic acids is 1. The Morgan fingerprint density at radius 2 is 1.97 bits per heavy atom. The number of aromatic nitrogens is 2. The van der Waals surface area contributed by atoms with Crippen LogP contribution in [0.5, 0.6) is 0 Å². The quantitative estimate of drug-likeness (QED) is 0.778. The number of rotatable bonds is 4. The van der Waals surface area contributed by atoms with E-state index in [0.29, 0.717) is 24.3 Å². The van der Waals surface area contributed by atoms with Crippen LogP contribution in [0.2, 0.25) is 0 Å². The second-order valence-corrected chi connectivity index (χ2v) is 9.92. The molecule has 3 atom stereocenters. The summed E-state index contributed by atoms with van der Waals surface area (Å²) in [5.41, 5.74) is 3.84. The van der Waals surface area contributed by atoms with Gasteiger partial charge in [-0.15, -0.1) is 0 Å². The lowest BCUT2D eigenvalue weighted by atomic mass is 9.66. The fraction of sp³-hybridized carbons (Fsp3) is 0.520. The van der Waals surface area contributed by atoms with Gasteiger partial charge in [0.25, 0.3) is 0 Å². The highest BCUT2D eigenvalue weighted by Gasteiger charge is 2.53. The van der Waals surface area contributed by atoms with E-state index in [2.05, 4.69) is 50.3 Å². The molecule has 8 nitrogen and oxygen atoms in total. The maximum atomic E-state index is 12.5. The third kappa shape index (κ3) is 3.61. The normalized spacial score (nSPS) is 30.5. The second-order valence-electron chi connectivity index (χ2n) is 9.92. The number of hydrogen-bond acceptors (Lipinski definition) is 6. The van der Waals surface area contributed by atoms with Crippen molar-refractivity contribution < 1.29 is 9.53 Å². The Hall–Kier alpha value is -2.84. The molecule has 2 amide bonds. The molecule has 6 rings (SSSR count). The Balaban J connectivity index is 1.26.